The molecule has 1 aromatic rings. The van der Waals surface area contributed by atoms with Gasteiger partial charge in [-0.05, 0) is 74.0 Å². The number of aliphatic imine (C=N–C) groups is 1. The Bertz CT molecular complexity index is 801. The third-order valence-corrected chi connectivity index (χ3v) is 6.99. The van der Waals surface area contributed by atoms with E-state index in [1.54, 1.807) is 0 Å². The molecular weight excluding hydrogens is 354 g/mol. The fraction of sp³-hybridized carbons (Fsp3) is 0.556. The zero-order valence-electron chi connectivity index (χ0n) is 18.7. The summed E-state index contributed by atoms with van der Waals surface area (Å²) < 4.78 is 0. The van der Waals surface area contributed by atoms with Crippen molar-refractivity contribution in [2.75, 3.05) is 0 Å². The molecule has 3 unspecified atom stereocenters. The van der Waals surface area contributed by atoms with Crippen molar-refractivity contribution in [1.82, 2.24) is 0 Å². The lowest BCUT2D eigenvalue weighted by atomic mass is 9.74. The van der Waals surface area contributed by atoms with E-state index in [2.05, 4.69) is 70.3 Å². The number of hydrogen-bond acceptors (Lipinski definition) is 2. The molecule has 156 valence electrons. The summed E-state index contributed by atoms with van der Waals surface area (Å²) in [6.07, 6.45) is 13.6. The fourth-order valence-corrected chi connectivity index (χ4v) is 4.99. The maximum absolute atomic E-state index is 12.7. The maximum Gasteiger partial charge on any atom is 0.133 e. The van der Waals surface area contributed by atoms with Crippen LogP contribution in [-0.2, 0) is 11.2 Å². The Morgan fingerprint density at radius 3 is 2.76 bits per heavy atom. The van der Waals surface area contributed by atoms with Crippen molar-refractivity contribution >= 4 is 12.0 Å². The van der Waals surface area contributed by atoms with Crippen molar-refractivity contribution in [2.45, 2.75) is 72.6 Å². The van der Waals surface area contributed by atoms with E-state index >= 15 is 0 Å². The second-order valence-corrected chi connectivity index (χ2v) is 9.17. The van der Waals surface area contributed by atoms with Crippen LogP contribution in [0.25, 0.3) is 0 Å². The molecule has 0 N–H and O–H groups in total. The van der Waals surface area contributed by atoms with Gasteiger partial charge in [0.1, 0.15) is 5.78 Å². The van der Waals surface area contributed by atoms with Gasteiger partial charge in [-0.25, -0.2) is 0 Å². The average Bonchev–Trinajstić information content (AvgIpc) is 2.71. The zero-order chi connectivity index (χ0) is 20.8. The van der Waals surface area contributed by atoms with Gasteiger partial charge >= 0.3 is 0 Å². The first-order chi connectivity index (χ1) is 14.0. The molecule has 1 fully saturated rings. The first-order valence-corrected chi connectivity index (χ1v) is 11.5. The molecule has 1 aliphatic carbocycles. The highest BCUT2D eigenvalue weighted by Gasteiger charge is 2.30. The number of aryl methyl sites for hydroxylation is 2. The summed E-state index contributed by atoms with van der Waals surface area (Å²) in [6.45, 7) is 8.80. The van der Waals surface area contributed by atoms with Crippen LogP contribution in [0, 0.1) is 30.6 Å². The van der Waals surface area contributed by atoms with Gasteiger partial charge in [0.2, 0.25) is 0 Å². The first-order valence-electron chi connectivity index (χ1n) is 11.5. The molecule has 1 aliphatic heterocycles. The predicted octanol–water partition coefficient (Wildman–Crippen LogP) is 6.88. The summed E-state index contributed by atoms with van der Waals surface area (Å²) in [4.78, 5) is 17.6. The quantitative estimate of drug-likeness (QED) is 0.498. The number of allylic oxidation sites excluding steroid dienone is 4. The molecule has 1 saturated carbocycles. The Morgan fingerprint density at radius 1 is 1.21 bits per heavy atom. The normalized spacial score (nSPS) is 27.6. The Balaban J connectivity index is 1.61. The van der Waals surface area contributed by atoms with Crippen LogP contribution in [0.1, 0.15) is 70.4 Å². The first kappa shape index (κ1) is 21.7. The molecule has 2 aliphatic rings. The smallest absolute Gasteiger partial charge is 0.133 e. The minimum atomic E-state index is 0.427. The Kier molecular flexibility index (Phi) is 7.64. The molecular formula is C27H37NO. The van der Waals surface area contributed by atoms with Crippen LogP contribution in [0.5, 0.6) is 0 Å². The van der Waals surface area contributed by atoms with Crippen LogP contribution in [0.4, 0.5) is 0 Å². The van der Waals surface area contributed by atoms with Gasteiger partial charge < -0.3 is 0 Å². The minimum absolute atomic E-state index is 0.427. The van der Waals surface area contributed by atoms with Crippen LogP contribution in [0.15, 0.2) is 52.7 Å². The third-order valence-electron chi connectivity index (χ3n) is 6.99. The lowest BCUT2D eigenvalue weighted by Gasteiger charge is -2.33. The summed E-state index contributed by atoms with van der Waals surface area (Å²) in [5.41, 5.74) is 5.31. The molecule has 0 spiro atoms. The number of ketones is 1. The SMILES string of the molecule is C/C=C\C1=C(C2CCC[C@@H](CC(=O)CCc3ccccc3C)C2)N=CC(C)C1C. The fourth-order valence-electron chi connectivity index (χ4n) is 4.99. The molecule has 0 saturated heterocycles. The highest BCUT2D eigenvalue weighted by Crippen LogP contribution is 2.41. The zero-order valence-corrected chi connectivity index (χ0v) is 18.7. The van der Waals surface area contributed by atoms with Gasteiger partial charge in [-0.1, -0.05) is 56.7 Å². The summed E-state index contributed by atoms with van der Waals surface area (Å²) in [5.74, 6) is 2.47. The van der Waals surface area contributed by atoms with Crippen LogP contribution in [-0.4, -0.2) is 12.0 Å². The maximum atomic E-state index is 12.7. The highest BCUT2D eigenvalue weighted by atomic mass is 16.1. The summed E-state index contributed by atoms with van der Waals surface area (Å²) >= 11 is 0. The van der Waals surface area contributed by atoms with Gasteiger partial charge in [-0.3, -0.25) is 9.79 Å². The number of Topliss-reactive ketones (excluding diaryl/α,β-unsaturated/α-hetero) is 1. The van der Waals surface area contributed by atoms with E-state index in [1.807, 2.05) is 0 Å². The van der Waals surface area contributed by atoms with Crippen molar-refractivity contribution in [3.8, 4) is 0 Å². The van der Waals surface area contributed by atoms with Gasteiger partial charge in [0.15, 0.2) is 0 Å². The molecule has 3 rings (SSSR count). The summed E-state index contributed by atoms with van der Waals surface area (Å²) in [5, 5.41) is 0. The Hall–Kier alpha value is -1.96. The molecule has 2 nitrogen and oxygen atoms in total. The predicted molar refractivity (Wildman–Crippen MR) is 123 cm³/mol. The standard InChI is InChI=1S/C27H37NO/c1-5-9-26-21(4)20(3)18-28-27(26)24-13-8-11-22(16-24)17-25(29)15-14-23-12-7-6-10-19(23)2/h5-7,9-10,12,18,20-22,24H,8,11,13-17H2,1-4H3/b9-5-/t20?,21?,22-,24?/m1/s1. The average molecular weight is 392 g/mol. The largest absolute Gasteiger partial charge is 0.300 e. The monoisotopic (exact) mass is 391 g/mol. The molecule has 1 heterocycles. The number of hydrogen-bond donors (Lipinski definition) is 0. The second-order valence-electron chi connectivity index (χ2n) is 9.17. The van der Waals surface area contributed by atoms with Crippen LogP contribution >= 0.6 is 0 Å². The van der Waals surface area contributed by atoms with Crippen LogP contribution in [0.2, 0.25) is 0 Å². The second kappa shape index (κ2) is 10.2. The molecule has 0 amide bonds. The molecule has 0 bridgehead atoms. The summed E-state index contributed by atoms with van der Waals surface area (Å²) in [7, 11) is 0. The van der Waals surface area contributed by atoms with Gasteiger partial charge in [0, 0.05) is 30.7 Å². The van der Waals surface area contributed by atoms with Crippen molar-refractivity contribution in [1.29, 1.82) is 0 Å². The number of benzene rings is 1. The van der Waals surface area contributed by atoms with Crippen LogP contribution < -0.4 is 0 Å². The molecule has 2 heteroatoms. The lowest BCUT2D eigenvalue weighted by Crippen LogP contribution is -2.24. The van der Waals surface area contributed by atoms with E-state index in [0.717, 1.165) is 19.3 Å². The van der Waals surface area contributed by atoms with Crippen LogP contribution in [0.3, 0.4) is 0 Å². The van der Waals surface area contributed by atoms with E-state index in [9.17, 15) is 4.79 Å². The molecule has 1 aromatic carbocycles. The molecule has 29 heavy (non-hydrogen) atoms. The van der Waals surface area contributed by atoms with E-state index in [0.29, 0.717) is 35.9 Å². The number of nitrogens with zero attached hydrogens (tertiary/aromatic N) is 1. The number of rotatable bonds is 7. The van der Waals surface area contributed by atoms with Gasteiger partial charge in [-0.15, -0.1) is 0 Å². The van der Waals surface area contributed by atoms with E-state index in [4.69, 9.17) is 4.99 Å². The van der Waals surface area contributed by atoms with E-state index < -0.39 is 0 Å². The van der Waals surface area contributed by atoms with Crippen molar-refractivity contribution < 1.29 is 4.79 Å². The van der Waals surface area contributed by atoms with Crippen molar-refractivity contribution in [3.05, 3.63) is 58.8 Å². The molecule has 4 atom stereocenters. The Morgan fingerprint density at radius 2 is 2.00 bits per heavy atom. The van der Waals surface area contributed by atoms with Crippen molar-refractivity contribution in [2.24, 2.45) is 28.7 Å². The van der Waals surface area contributed by atoms with Gasteiger partial charge in [0.25, 0.3) is 0 Å². The minimum Gasteiger partial charge on any atom is -0.300 e. The third kappa shape index (κ3) is 5.56. The number of carbonyl (C=O) groups excluding carboxylic acids is 1. The molecule has 0 aromatic heterocycles. The van der Waals surface area contributed by atoms with E-state index in [-0.39, 0.29) is 0 Å². The van der Waals surface area contributed by atoms with Gasteiger partial charge in [-0.2, -0.15) is 0 Å². The highest BCUT2D eigenvalue weighted by molar-refractivity contribution is 5.79. The van der Waals surface area contributed by atoms with E-state index in [1.165, 1.54) is 41.7 Å². The Labute approximate surface area is 177 Å². The molecule has 0 radical (unpaired) electrons. The van der Waals surface area contributed by atoms with Gasteiger partial charge in [0.05, 0.1) is 0 Å². The van der Waals surface area contributed by atoms with Crippen molar-refractivity contribution in [3.63, 3.8) is 0 Å². The summed E-state index contributed by atoms with van der Waals surface area (Å²) in [6, 6.07) is 8.42. The topological polar surface area (TPSA) is 29.4 Å². The lowest BCUT2D eigenvalue weighted by molar-refractivity contribution is -0.120. The number of carbonyl (C=O) groups is 1.